The number of aryl methyl sites for hydroxylation is 2. The fourth-order valence-corrected chi connectivity index (χ4v) is 2.89. The number of carbonyl (C=O) groups excluding carboxylic acids is 1. The van der Waals surface area contributed by atoms with Crippen LogP contribution in [0.25, 0.3) is 0 Å². The number of rotatable bonds is 3. The first-order valence-corrected chi connectivity index (χ1v) is 7.49. The molecule has 1 aliphatic rings. The number of benzene rings is 1. The average Bonchev–Trinajstić information content (AvgIpc) is 2.83. The van der Waals surface area contributed by atoms with Gasteiger partial charge in [-0.1, -0.05) is 5.21 Å². The number of esters is 1. The van der Waals surface area contributed by atoms with E-state index in [1.165, 1.54) is 18.4 Å². The quantitative estimate of drug-likeness (QED) is 0.811. The highest BCUT2D eigenvalue weighted by molar-refractivity contribution is 5.90. The van der Waals surface area contributed by atoms with Crippen molar-refractivity contribution in [2.45, 2.75) is 25.8 Å². The van der Waals surface area contributed by atoms with Crippen LogP contribution in [0.15, 0.2) is 24.4 Å². The Morgan fingerprint density at radius 1 is 1.36 bits per heavy atom. The lowest BCUT2D eigenvalue weighted by Crippen LogP contribution is -2.25. The van der Waals surface area contributed by atoms with Crippen LogP contribution in [-0.4, -0.2) is 34.6 Å². The first kappa shape index (κ1) is 14.6. The van der Waals surface area contributed by atoms with Crippen molar-refractivity contribution in [2.24, 2.45) is 7.05 Å². The van der Waals surface area contributed by atoms with Crippen LogP contribution in [-0.2, 0) is 24.8 Å². The largest absolute Gasteiger partial charge is 0.465 e. The van der Waals surface area contributed by atoms with Crippen LogP contribution in [0.2, 0.25) is 0 Å². The van der Waals surface area contributed by atoms with Gasteiger partial charge in [0.2, 0.25) is 0 Å². The third kappa shape index (κ3) is 2.81. The van der Waals surface area contributed by atoms with E-state index in [4.69, 9.17) is 4.74 Å². The van der Waals surface area contributed by atoms with Gasteiger partial charge in [-0.15, -0.1) is 5.10 Å². The Morgan fingerprint density at radius 3 is 2.95 bits per heavy atom. The number of carbonyl (C=O) groups is 1. The van der Waals surface area contributed by atoms with E-state index in [0.717, 1.165) is 38.0 Å². The van der Waals surface area contributed by atoms with Crippen molar-refractivity contribution in [3.63, 3.8) is 0 Å². The lowest BCUT2D eigenvalue weighted by molar-refractivity contribution is 0.0600. The monoisotopic (exact) mass is 300 g/mol. The summed E-state index contributed by atoms with van der Waals surface area (Å²) in [5.41, 5.74) is 4.08. The van der Waals surface area contributed by atoms with Crippen molar-refractivity contribution in [3.8, 4) is 0 Å². The van der Waals surface area contributed by atoms with E-state index in [2.05, 4.69) is 15.2 Å². The van der Waals surface area contributed by atoms with Gasteiger partial charge < -0.3 is 9.64 Å². The van der Waals surface area contributed by atoms with Gasteiger partial charge in [-0.05, 0) is 43.0 Å². The van der Waals surface area contributed by atoms with E-state index >= 15 is 0 Å². The summed E-state index contributed by atoms with van der Waals surface area (Å²) in [7, 11) is 3.32. The third-order valence-corrected chi connectivity index (χ3v) is 4.13. The van der Waals surface area contributed by atoms with Crippen molar-refractivity contribution in [2.75, 3.05) is 18.6 Å². The Morgan fingerprint density at radius 2 is 2.23 bits per heavy atom. The second-order valence-electron chi connectivity index (χ2n) is 5.56. The third-order valence-electron chi connectivity index (χ3n) is 4.13. The minimum atomic E-state index is -0.283. The average molecular weight is 300 g/mol. The molecule has 6 nitrogen and oxygen atoms in total. The predicted octanol–water partition coefficient (Wildman–Crippen LogP) is 1.94. The second kappa shape index (κ2) is 6.17. The summed E-state index contributed by atoms with van der Waals surface area (Å²) in [5, 5.41) is 7.93. The summed E-state index contributed by atoms with van der Waals surface area (Å²) < 4.78 is 6.61. The zero-order chi connectivity index (χ0) is 15.5. The highest BCUT2D eigenvalue weighted by atomic mass is 16.5. The first-order chi connectivity index (χ1) is 10.7. The van der Waals surface area contributed by atoms with Gasteiger partial charge in [0.25, 0.3) is 0 Å². The Hall–Kier alpha value is -2.37. The second-order valence-corrected chi connectivity index (χ2v) is 5.56. The Labute approximate surface area is 129 Å². The zero-order valence-electron chi connectivity index (χ0n) is 13.0. The van der Waals surface area contributed by atoms with Gasteiger partial charge >= 0.3 is 5.97 Å². The van der Waals surface area contributed by atoms with Gasteiger partial charge in [-0.3, -0.25) is 4.68 Å². The zero-order valence-corrected chi connectivity index (χ0v) is 13.0. The minimum absolute atomic E-state index is 0.283. The van der Waals surface area contributed by atoms with Crippen molar-refractivity contribution in [1.82, 2.24) is 15.0 Å². The molecule has 0 atom stereocenters. The molecule has 2 aromatic rings. The van der Waals surface area contributed by atoms with Gasteiger partial charge in [0.15, 0.2) is 0 Å². The van der Waals surface area contributed by atoms with Crippen LogP contribution >= 0.6 is 0 Å². The standard InChI is InChI=1S/C16H20N4O2/c1-19-14(10-17-18-19)11-20-8-4-3-5-12-9-13(16(21)22-2)6-7-15(12)20/h6-7,9-10H,3-5,8,11H2,1-2H3. The molecule has 0 fully saturated rings. The molecule has 1 aromatic carbocycles. The fraction of sp³-hybridized carbons (Fsp3) is 0.438. The maximum atomic E-state index is 11.7. The van der Waals surface area contributed by atoms with Crippen LogP contribution in [0.5, 0.6) is 0 Å². The summed E-state index contributed by atoms with van der Waals surface area (Å²) in [6.45, 7) is 1.77. The van der Waals surface area contributed by atoms with Crippen LogP contribution in [0, 0.1) is 0 Å². The number of hydrogen-bond donors (Lipinski definition) is 0. The summed E-state index contributed by atoms with van der Waals surface area (Å²) in [6.07, 6.45) is 5.04. The fourth-order valence-electron chi connectivity index (χ4n) is 2.89. The molecular formula is C16H20N4O2. The highest BCUT2D eigenvalue weighted by Gasteiger charge is 2.18. The summed E-state index contributed by atoms with van der Waals surface area (Å²) in [5.74, 6) is -0.283. The Bertz CT molecular complexity index is 681. The molecule has 1 aliphatic heterocycles. The van der Waals surface area contributed by atoms with Gasteiger partial charge in [0.05, 0.1) is 31.1 Å². The van der Waals surface area contributed by atoms with E-state index < -0.39 is 0 Å². The molecule has 0 aliphatic carbocycles. The molecule has 0 saturated carbocycles. The normalized spacial score (nSPS) is 14.4. The molecule has 1 aromatic heterocycles. The molecule has 0 unspecified atom stereocenters. The molecule has 6 heteroatoms. The molecule has 0 spiro atoms. The van der Waals surface area contributed by atoms with Crippen molar-refractivity contribution in [1.29, 1.82) is 0 Å². The van der Waals surface area contributed by atoms with Gasteiger partial charge in [0.1, 0.15) is 0 Å². The molecule has 22 heavy (non-hydrogen) atoms. The maximum absolute atomic E-state index is 11.7. The van der Waals surface area contributed by atoms with Crippen LogP contribution < -0.4 is 4.90 Å². The molecule has 3 rings (SSSR count). The Balaban J connectivity index is 1.91. The molecule has 0 saturated heterocycles. The molecule has 0 N–H and O–H groups in total. The molecule has 0 radical (unpaired) electrons. The van der Waals surface area contributed by atoms with E-state index in [1.54, 1.807) is 10.9 Å². The molecule has 116 valence electrons. The molecule has 0 bridgehead atoms. The number of anilines is 1. The highest BCUT2D eigenvalue weighted by Crippen LogP contribution is 2.28. The maximum Gasteiger partial charge on any atom is 0.337 e. The first-order valence-electron chi connectivity index (χ1n) is 7.49. The van der Waals surface area contributed by atoms with Crippen molar-refractivity contribution in [3.05, 3.63) is 41.2 Å². The van der Waals surface area contributed by atoms with Crippen molar-refractivity contribution >= 4 is 11.7 Å². The summed E-state index contributed by atoms with van der Waals surface area (Å²) >= 11 is 0. The SMILES string of the molecule is COC(=O)c1ccc2c(c1)CCCCN2Cc1cnnn1C. The number of ether oxygens (including phenoxy) is 1. The minimum Gasteiger partial charge on any atom is -0.465 e. The molecule has 0 amide bonds. The van der Waals surface area contributed by atoms with E-state index in [0.29, 0.717) is 5.56 Å². The predicted molar refractivity (Wildman–Crippen MR) is 82.8 cm³/mol. The lowest BCUT2D eigenvalue weighted by atomic mass is 10.0. The van der Waals surface area contributed by atoms with Crippen molar-refractivity contribution < 1.29 is 9.53 Å². The summed E-state index contributed by atoms with van der Waals surface area (Å²) in [6, 6.07) is 5.82. The number of aromatic nitrogens is 3. The van der Waals surface area contributed by atoms with Gasteiger partial charge in [-0.25, -0.2) is 4.79 Å². The lowest BCUT2D eigenvalue weighted by Gasteiger charge is -2.25. The summed E-state index contributed by atoms with van der Waals surface area (Å²) in [4.78, 5) is 14.0. The van der Waals surface area contributed by atoms with Gasteiger partial charge in [-0.2, -0.15) is 0 Å². The topological polar surface area (TPSA) is 60.2 Å². The smallest absolute Gasteiger partial charge is 0.337 e. The number of methoxy groups -OCH3 is 1. The van der Waals surface area contributed by atoms with Crippen LogP contribution in [0.3, 0.4) is 0 Å². The van der Waals surface area contributed by atoms with Gasteiger partial charge in [0, 0.05) is 19.3 Å². The molecule has 2 heterocycles. The number of fused-ring (bicyclic) bond motifs is 1. The van der Waals surface area contributed by atoms with Crippen LogP contribution in [0.1, 0.15) is 34.5 Å². The van der Waals surface area contributed by atoms with E-state index in [9.17, 15) is 4.79 Å². The van der Waals surface area contributed by atoms with Crippen LogP contribution in [0.4, 0.5) is 5.69 Å². The number of nitrogens with zero attached hydrogens (tertiary/aromatic N) is 4. The molecular weight excluding hydrogens is 280 g/mol. The Kier molecular flexibility index (Phi) is 4.09. The van der Waals surface area contributed by atoms with E-state index in [-0.39, 0.29) is 5.97 Å². The van der Waals surface area contributed by atoms with E-state index in [1.807, 2.05) is 25.2 Å². The number of hydrogen-bond acceptors (Lipinski definition) is 5.